The molecule has 0 spiro atoms. The van der Waals surface area contributed by atoms with E-state index in [1.165, 1.54) is 16.7 Å². The second-order valence-electron chi connectivity index (χ2n) is 6.80. The number of ether oxygens (including phenoxy) is 2. The third kappa shape index (κ3) is 6.48. The lowest BCUT2D eigenvalue weighted by Crippen LogP contribution is -2.29. The Labute approximate surface area is 206 Å². The Morgan fingerprint density at radius 3 is 2.75 bits per heavy atom. The number of para-hydroxylation sites is 1. The summed E-state index contributed by atoms with van der Waals surface area (Å²) in [5, 5.41) is 1.09. The van der Waals surface area contributed by atoms with Gasteiger partial charge in [0.15, 0.2) is 0 Å². The third-order valence-electron chi connectivity index (χ3n) is 4.55. The van der Waals surface area contributed by atoms with E-state index in [-0.39, 0.29) is 24.9 Å². The van der Waals surface area contributed by atoms with Crippen LogP contribution >= 0.6 is 47.2 Å². The topological polar surface area (TPSA) is 55.8 Å². The summed E-state index contributed by atoms with van der Waals surface area (Å²) in [6.45, 7) is 2.73. The van der Waals surface area contributed by atoms with Crippen LogP contribution in [0.4, 0.5) is 0 Å². The minimum absolute atomic E-state index is 0.181. The summed E-state index contributed by atoms with van der Waals surface area (Å²) in [6, 6.07) is 12.7. The van der Waals surface area contributed by atoms with E-state index in [2.05, 4.69) is 0 Å². The van der Waals surface area contributed by atoms with E-state index in [4.69, 9.17) is 44.9 Å². The van der Waals surface area contributed by atoms with E-state index in [0.29, 0.717) is 44.6 Å². The molecule has 1 aliphatic rings. The van der Waals surface area contributed by atoms with Crippen LogP contribution in [-0.2, 0) is 20.9 Å². The van der Waals surface area contributed by atoms with Gasteiger partial charge in [-0.05, 0) is 37.6 Å². The highest BCUT2D eigenvalue weighted by Crippen LogP contribution is 2.34. The zero-order valence-corrected chi connectivity index (χ0v) is 20.5. The smallest absolute Gasteiger partial charge is 0.305 e. The van der Waals surface area contributed by atoms with Gasteiger partial charge in [0.2, 0.25) is 0 Å². The monoisotopic (exact) mass is 509 g/mol. The number of thiocarbonyl (C=S) groups is 1. The molecule has 1 heterocycles. The summed E-state index contributed by atoms with van der Waals surface area (Å²) in [6.07, 6.45) is 2.50. The molecule has 0 unspecified atom stereocenters. The van der Waals surface area contributed by atoms with Gasteiger partial charge in [-0.1, -0.05) is 71.4 Å². The molecule has 0 saturated carbocycles. The lowest BCUT2D eigenvalue weighted by atomic mass is 10.1. The molecule has 1 aliphatic heterocycles. The molecule has 2 aromatic carbocycles. The van der Waals surface area contributed by atoms with Crippen LogP contribution in [0.25, 0.3) is 6.08 Å². The molecule has 168 valence electrons. The molecule has 3 rings (SSSR count). The summed E-state index contributed by atoms with van der Waals surface area (Å²) >= 11 is 18.8. The van der Waals surface area contributed by atoms with Crippen LogP contribution in [0.1, 0.15) is 30.9 Å². The Balaban J connectivity index is 1.68. The molecule has 0 aromatic heterocycles. The predicted octanol–water partition coefficient (Wildman–Crippen LogP) is 6.12. The number of amides is 1. The maximum Gasteiger partial charge on any atom is 0.305 e. The molecule has 0 aliphatic carbocycles. The van der Waals surface area contributed by atoms with Gasteiger partial charge in [-0.15, -0.1) is 0 Å². The first-order valence-corrected chi connectivity index (χ1v) is 11.9. The first-order chi connectivity index (χ1) is 15.4. The first kappa shape index (κ1) is 24.6. The molecule has 9 heteroatoms. The molecule has 0 N–H and O–H groups in total. The van der Waals surface area contributed by atoms with Crippen molar-refractivity contribution in [2.45, 2.75) is 26.4 Å². The quantitative estimate of drug-likeness (QED) is 0.230. The number of hydrogen-bond acceptors (Lipinski definition) is 6. The van der Waals surface area contributed by atoms with Crippen LogP contribution in [0.2, 0.25) is 10.0 Å². The lowest BCUT2D eigenvalue weighted by Gasteiger charge is -2.14. The second kappa shape index (κ2) is 11.7. The number of nitrogens with zero attached hydrogens (tertiary/aromatic N) is 1. The zero-order chi connectivity index (χ0) is 23.1. The number of hydrogen-bond donors (Lipinski definition) is 0. The van der Waals surface area contributed by atoms with Crippen LogP contribution in [0.15, 0.2) is 47.4 Å². The fourth-order valence-electron chi connectivity index (χ4n) is 2.97. The largest absolute Gasteiger partial charge is 0.488 e. The number of benzene rings is 2. The summed E-state index contributed by atoms with van der Waals surface area (Å²) in [4.78, 5) is 26.4. The van der Waals surface area contributed by atoms with Crippen molar-refractivity contribution >= 4 is 69.5 Å². The summed E-state index contributed by atoms with van der Waals surface area (Å²) in [5.41, 5.74) is 1.56. The van der Waals surface area contributed by atoms with Crippen LogP contribution in [-0.4, -0.2) is 34.2 Å². The molecule has 0 atom stereocenters. The van der Waals surface area contributed by atoms with Crippen molar-refractivity contribution in [3.05, 3.63) is 68.5 Å². The van der Waals surface area contributed by atoms with Gasteiger partial charge in [-0.25, -0.2) is 0 Å². The van der Waals surface area contributed by atoms with E-state index in [0.717, 1.165) is 11.1 Å². The average molecular weight is 510 g/mol. The summed E-state index contributed by atoms with van der Waals surface area (Å²) in [5.74, 6) is 0.158. The number of rotatable bonds is 9. The van der Waals surface area contributed by atoms with E-state index < -0.39 is 0 Å². The van der Waals surface area contributed by atoms with Gasteiger partial charge in [-0.2, -0.15) is 0 Å². The normalized spacial score (nSPS) is 14.8. The SMILES string of the molecule is CCOC(=O)CCCN1C(=O)/C(=C\c2ccccc2OCc2ccc(Cl)cc2Cl)SC1=S. The van der Waals surface area contributed by atoms with Gasteiger partial charge in [0.25, 0.3) is 5.91 Å². The Morgan fingerprint density at radius 1 is 1.22 bits per heavy atom. The van der Waals surface area contributed by atoms with Gasteiger partial charge in [0.1, 0.15) is 16.7 Å². The van der Waals surface area contributed by atoms with Gasteiger partial charge in [-0.3, -0.25) is 14.5 Å². The lowest BCUT2D eigenvalue weighted by molar-refractivity contribution is -0.143. The molecule has 5 nitrogen and oxygen atoms in total. The molecule has 2 aromatic rings. The first-order valence-electron chi connectivity index (χ1n) is 9.95. The van der Waals surface area contributed by atoms with Crippen molar-refractivity contribution in [1.82, 2.24) is 4.90 Å². The number of carbonyl (C=O) groups excluding carboxylic acids is 2. The van der Waals surface area contributed by atoms with Gasteiger partial charge in [0.05, 0.1) is 11.5 Å². The molecule has 1 saturated heterocycles. The van der Waals surface area contributed by atoms with Crippen molar-refractivity contribution in [1.29, 1.82) is 0 Å². The second-order valence-corrected chi connectivity index (χ2v) is 9.32. The predicted molar refractivity (Wildman–Crippen MR) is 133 cm³/mol. The average Bonchev–Trinajstić information content (AvgIpc) is 3.01. The van der Waals surface area contributed by atoms with Crippen molar-refractivity contribution < 1.29 is 19.1 Å². The standard InChI is InChI=1S/C23H21Cl2NO4S2/c1-2-29-21(27)8-5-11-26-22(28)20(32-23(26)31)12-15-6-3-4-7-19(15)30-14-16-9-10-17(24)13-18(16)25/h3-4,6-7,9-10,12-13H,2,5,8,11,14H2,1H3/b20-12+. The number of halogens is 2. The minimum atomic E-state index is -0.277. The highest BCUT2D eigenvalue weighted by atomic mass is 35.5. The van der Waals surface area contributed by atoms with Crippen LogP contribution in [0, 0.1) is 0 Å². The highest BCUT2D eigenvalue weighted by molar-refractivity contribution is 8.26. The number of carbonyl (C=O) groups is 2. The Morgan fingerprint density at radius 2 is 2.00 bits per heavy atom. The maximum absolute atomic E-state index is 12.9. The molecule has 32 heavy (non-hydrogen) atoms. The van der Waals surface area contributed by atoms with E-state index >= 15 is 0 Å². The van der Waals surface area contributed by atoms with Crippen molar-refractivity contribution in [2.24, 2.45) is 0 Å². The van der Waals surface area contributed by atoms with E-state index in [9.17, 15) is 9.59 Å². The van der Waals surface area contributed by atoms with Crippen LogP contribution in [0.3, 0.4) is 0 Å². The summed E-state index contributed by atoms with van der Waals surface area (Å²) in [7, 11) is 0. The Bertz CT molecular complexity index is 1060. The Hall–Kier alpha value is -2.06. The fourth-order valence-corrected chi connectivity index (χ4v) is 4.74. The number of esters is 1. The van der Waals surface area contributed by atoms with Gasteiger partial charge in [0, 0.05) is 34.1 Å². The molecule has 0 bridgehead atoms. The van der Waals surface area contributed by atoms with Crippen molar-refractivity contribution in [2.75, 3.05) is 13.2 Å². The molecular formula is C23H21Cl2NO4S2. The summed E-state index contributed by atoms with van der Waals surface area (Å²) < 4.78 is 11.4. The van der Waals surface area contributed by atoms with E-state index in [1.807, 2.05) is 30.3 Å². The zero-order valence-electron chi connectivity index (χ0n) is 17.3. The fraction of sp³-hybridized carbons (Fsp3) is 0.261. The Kier molecular flexibility index (Phi) is 8.99. The van der Waals surface area contributed by atoms with Crippen LogP contribution < -0.4 is 4.74 Å². The third-order valence-corrected chi connectivity index (χ3v) is 6.51. The molecule has 0 radical (unpaired) electrons. The molecular weight excluding hydrogens is 489 g/mol. The van der Waals surface area contributed by atoms with Crippen molar-refractivity contribution in [3.63, 3.8) is 0 Å². The molecule has 1 amide bonds. The van der Waals surface area contributed by atoms with Crippen molar-refractivity contribution in [3.8, 4) is 5.75 Å². The van der Waals surface area contributed by atoms with Gasteiger partial charge >= 0.3 is 5.97 Å². The van der Waals surface area contributed by atoms with Gasteiger partial charge < -0.3 is 9.47 Å². The highest BCUT2D eigenvalue weighted by Gasteiger charge is 2.31. The maximum atomic E-state index is 12.9. The molecule has 1 fully saturated rings. The number of thioether (sulfide) groups is 1. The van der Waals surface area contributed by atoms with Crippen LogP contribution in [0.5, 0.6) is 5.75 Å². The minimum Gasteiger partial charge on any atom is -0.488 e. The van der Waals surface area contributed by atoms with E-state index in [1.54, 1.807) is 25.1 Å².